The first-order valence-corrected chi connectivity index (χ1v) is 8.89. The van der Waals surface area contributed by atoms with Crippen LogP contribution in [0.25, 0.3) is 0 Å². The van der Waals surface area contributed by atoms with Gasteiger partial charge in [0.25, 0.3) is 0 Å². The molecule has 0 aromatic carbocycles. The van der Waals surface area contributed by atoms with E-state index in [1.807, 2.05) is 6.08 Å². The number of fused-ring (bicyclic) bond motifs is 5. The molecule has 0 aromatic rings. The van der Waals surface area contributed by atoms with Gasteiger partial charge in [-0.25, -0.2) is 0 Å². The SMILES string of the molecule is CC1C[C@@]2(C)C(=CC1=O)CC[C@@H]1C2=CC[C@]2(C)CCC[C@@H]12. The van der Waals surface area contributed by atoms with Crippen LogP contribution < -0.4 is 0 Å². The fourth-order valence-electron chi connectivity index (χ4n) is 6.18. The molecule has 2 fully saturated rings. The van der Waals surface area contributed by atoms with Gasteiger partial charge in [-0.05, 0) is 61.9 Å². The highest BCUT2D eigenvalue weighted by atomic mass is 16.1. The fraction of sp³-hybridized carbons (Fsp3) is 0.750. The van der Waals surface area contributed by atoms with E-state index in [1.54, 1.807) is 5.57 Å². The molecule has 5 atom stereocenters. The van der Waals surface area contributed by atoms with Gasteiger partial charge >= 0.3 is 0 Å². The van der Waals surface area contributed by atoms with Crippen molar-refractivity contribution in [3.63, 3.8) is 0 Å². The molecular formula is C20H28O. The maximum absolute atomic E-state index is 12.1. The molecule has 114 valence electrons. The van der Waals surface area contributed by atoms with Crippen LogP contribution in [0, 0.1) is 28.6 Å². The minimum atomic E-state index is 0.195. The molecule has 1 heteroatoms. The summed E-state index contributed by atoms with van der Waals surface area (Å²) in [6, 6.07) is 0. The molecule has 0 saturated heterocycles. The molecule has 0 spiro atoms. The van der Waals surface area contributed by atoms with E-state index < -0.39 is 0 Å². The Morgan fingerprint density at radius 3 is 2.86 bits per heavy atom. The Labute approximate surface area is 128 Å². The quantitative estimate of drug-likeness (QED) is 0.567. The summed E-state index contributed by atoms with van der Waals surface area (Å²) < 4.78 is 0. The van der Waals surface area contributed by atoms with Crippen LogP contribution in [0.3, 0.4) is 0 Å². The summed E-state index contributed by atoms with van der Waals surface area (Å²) >= 11 is 0. The molecule has 4 aliphatic carbocycles. The zero-order valence-corrected chi connectivity index (χ0v) is 13.7. The maximum Gasteiger partial charge on any atom is 0.158 e. The van der Waals surface area contributed by atoms with Crippen LogP contribution in [0.5, 0.6) is 0 Å². The Morgan fingerprint density at radius 1 is 1.24 bits per heavy atom. The highest BCUT2D eigenvalue weighted by Gasteiger charge is 2.53. The van der Waals surface area contributed by atoms with Gasteiger partial charge in [0, 0.05) is 11.3 Å². The molecular weight excluding hydrogens is 256 g/mol. The van der Waals surface area contributed by atoms with Gasteiger partial charge in [-0.15, -0.1) is 0 Å². The molecule has 1 nitrogen and oxygen atoms in total. The van der Waals surface area contributed by atoms with Crippen molar-refractivity contribution in [1.29, 1.82) is 0 Å². The molecule has 2 saturated carbocycles. The van der Waals surface area contributed by atoms with E-state index in [0.29, 0.717) is 11.2 Å². The number of carbonyl (C=O) groups is 1. The fourth-order valence-corrected chi connectivity index (χ4v) is 6.18. The first-order chi connectivity index (χ1) is 9.94. The lowest BCUT2D eigenvalue weighted by atomic mass is 9.51. The standard InChI is InChI=1S/C20H28O/c1-13-12-20(3)14(11-18(13)21)6-7-15-16-5-4-9-19(16,2)10-8-17(15)20/h8,11,13,15-16H,4-7,9-10,12H2,1-3H3/t13?,15-,16-,19-,20-/m0/s1. The predicted molar refractivity (Wildman–Crippen MR) is 85.9 cm³/mol. The summed E-state index contributed by atoms with van der Waals surface area (Å²) in [5, 5.41) is 0. The average molecular weight is 284 g/mol. The van der Waals surface area contributed by atoms with Crippen LogP contribution in [0.2, 0.25) is 0 Å². The zero-order chi connectivity index (χ0) is 14.8. The van der Waals surface area contributed by atoms with Crippen molar-refractivity contribution in [3.8, 4) is 0 Å². The van der Waals surface area contributed by atoms with Gasteiger partial charge in [-0.1, -0.05) is 44.4 Å². The van der Waals surface area contributed by atoms with Crippen molar-refractivity contribution in [3.05, 3.63) is 23.3 Å². The lowest BCUT2D eigenvalue weighted by Crippen LogP contribution is -2.44. The summed E-state index contributed by atoms with van der Waals surface area (Å²) in [7, 11) is 0. The van der Waals surface area contributed by atoms with Crippen LogP contribution in [-0.4, -0.2) is 5.78 Å². The minimum absolute atomic E-state index is 0.195. The third-order valence-electron chi connectivity index (χ3n) is 7.42. The zero-order valence-electron chi connectivity index (χ0n) is 13.7. The van der Waals surface area contributed by atoms with Crippen molar-refractivity contribution in [2.45, 2.75) is 65.7 Å². The van der Waals surface area contributed by atoms with E-state index in [4.69, 9.17) is 0 Å². The number of allylic oxidation sites excluding steroid dienone is 4. The summed E-state index contributed by atoms with van der Waals surface area (Å²) in [6.07, 6.45) is 13.6. The normalized spacial score (nSPS) is 48.9. The molecule has 4 rings (SSSR count). The van der Waals surface area contributed by atoms with E-state index in [2.05, 4.69) is 26.8 Å². The first-order valence-electron chi connectivity index (χ1n) is 8.89. The lowest BCUT2D eigenvalue weighted by molar-refractivity contribution is -0.119. The maximum atomic E-state index is 12.1. The Balaban J connectivity index is 1.77. The van der Waals surface area contributed by atoms with Crippen molar-refractivity contribution in [2.75, 3.05) is 0 Å². The third-order valence-corrected chi connectivity index (χ3v) is 7.42. The summed E-state index contributed by atoms with van der Waals surface area (Å²) in [5.74, 6) is 2.27. The molecule has 0 aromatic heterocycles. The van der Waals surface area contributed by atoms with E-state index in [1.165, 1.54) is 37.7 Å². The summed E-state index contributed by atoms with van der Waals surface area (Å²) in [4.78, 5) is 12.1. The molecule has 0 N–H and O–H groups in total. The summed E-state index contributed by atoms with van der Waals surface area (Å²) in [5.41, 5.74) is 3.92. The molecule has 1 unspecified atom stereocenters. The van der Waals surface area contributed by atoms with Gasteiger partial charge < -0.3 is 0 Å². The van der Waals surface area contributed by atoms with Crippen LogP contribution >= 0.6 is 0 Å². The predicted octanol–water partition coefficient (Wildman–Crippen LogP) is 5.07. The Bertz CT molecular complexity index is 554. The van der Waals surface area contributed by atoms with Gasteiger partial charge in [0.05, 0.1) is 0 Å². The van der Waals surface area contributed by atoms with Crippen molar-refractivity contribution >= 4 is 5.78 Å². The topological polar surface area (TPSA) is 17.1 Å². The molecule has 4 aliphatic rings. The molecule has 0 aliphatic heterocycles. The van der Waals surface area contributed by atoms with E-state index >= 15 is 0 Å². The van der Waals surface area contributed by atoms with Gasteiger partial charge in [-0.2, -0.15) is 0 Å². The smallest absolute Gasteiger partial charge is 0.158 e. The monoisotopic (exact) mass is 284 g/mol. The average Bonchev–Trinajstić information content (AvgIpc) is 2.82. The van der Waals surface area contributed by atoms with Gasteiger partial charge in [0.2, 0.25) is 0 Å². The lowest BCUT2D eigenvalue weighted by Gasteiger charge is -2.53. The van der Waals surface area contributed by atoms with Gasteiger partial charge in [-0.3, -0.25) is 4.79 Å². The van der Waals surface area contributed by atoms with Crippen molar-refractivity contribution in [2.24, 2.45) is 28.6 Å². The second-order valence-corrected chi connectivity index (χ2v) is 8.67. The number of rotatable bonds is 0. The van der Waals surface area contributed by atoms with Crippen LogP contribution in [0.4, 0.5) is 0 Å². The first kappa shape index (κ1) is 13.8. The van der Waals surface area contributed by atoms with Crippen LogP contribution in [0.1, 0.15) is 65.7 Å². The number of hydrogen-bond donors (Lipinski definition) is 0. The highest BCUT2D eigenvalue weighted by molar-refractivity contribution is 5.93. The Morgan fingerprint density at radius 2 is 2.05 bits per heavy atom. The highest BCUT2D eigenvalue weighted by Crippen LogP contribution is 2.63. The Kier molecular flexibility index (Phi) is 2.85. The molecule has 0 amide bonds. The summed E-state index contributed by atoms with van der Waals surface area (Å²) in [6.45, 7) is 7.07. The molecule has 0 bridgehead atoms. The van der Waals surface area contributed by atoms with E-state index in [0.717, 1.165) is 24.7 Å². The van der Waals surface area contributed by atoms with E-state index in [9.17, 15) is 4.79 Å². The second-order valence-electron chi connectivity index (χ2n) is 8.67. The number of carbonyl (C=O) groups excluding carboxylic acids is 1. The number of hydrogen-bond acceptors (Lipinski definition) is 1. The largest absolute Gasteiger partial charge is 0.295 e. The van der Waals surface area contributed by atoms with E-state index in [-0.39, 0.29) is 11.3 Å². The molecule has 0 radical (unpaired) electrons. The Hall–Kier alpha value is -0.850. The number of ketones is 1. The second kappa shape index (κ2) is 4.33. The van der Waals surface area contributed by atoms with Gasteiger partial charge in [0.1, 0.15) is 0 Å². The van der Waals surface area contributed by atoms with Gasteiger partial charge in [0.15, 0.2) is 5.78 Å². The third kappa shape index (κ3) is 1.79. The van der Waals surface area contributed by atoms with Crippen molar-refractivity contribution in [1.82, 2.24) is 0 Å². The minimum Gasteiger partial charge on any atom is -0.295 e. The van der Waals surface area contributed by atoms with Crippen LogP contribution in [-0.2, 0) is 4.79 Å². The molecule has 21 heavy (non-hydrogen) atoms. The van der Waals surface area contributed by atoms with Crippen LogP contribution in [0.15, 0.2) is 23.3 Å². The van der Waals surface area contributed by atoms with Crippen molar-refractivity contribution < 1.29 is 4.79 Å². The molecule has 0 heterocycles.